The van der Waals surface area contributed by atoms with Crippen molar-refractivity contribution in [2.45, 2.75) is 45.1 Å². The number of oxime groups is 1. The molecular weight excluding hydrogens is 276 g/mol. The average Bonchev–Trinajstić information content (AvgIpc) is 2.48. The average molecular weight is 297 g/mol. The Balaban J connectivity index is 2.24. The number of hydrogen-bond acceptors (Lipinski definition) is 3. The highest BCUT2D eigenvalue weighted by Gasteiger charge is 2.26. The Bertz CT molecular complexity index is 491. The first kappa shape index (κ1) is 15.0. The van der Waals surface area contributed by atoms with Gasteiger partial charge in [-0.2, -0.15) is 0 Å². The van der Waals surface area contributed by atoms with Gasteiger partial charge in [-0.3, -0.25) is 0 Å². The first-order valence-corrected chi connectivity index (χ1v) is 7.47. The van der Waals surface area contributed by atoms with Crippen LogP contribution in [0.25, 0.3) is 0 Å². The molecule has 5 heteroatoms. The van der Waals surface area contributed by atoms with Crippen LogP contribution in [0.5, 0.6) is 5.75 Å². The second kappa shape index (κ2) is 6.84. The van der Waals surface area contributed by atoms with E-state index >= 15 is 0 Å². The maximum atomic E-state index is 8.87. The lowest BCUT2D eigenvalue weighted by Gasteiger charge is -2.31. The van der Waals surface area contributed by atoms with Crippen LogP contribution in [-0.4, -0.2) is 17.1 Å². The molecule has 0 radical (unpaired) electrons. The maximum Gasteiger partial charge on any atom is 0.173 e. The standard InChI is InChI=1S/C15H21ClN2O2/c1-2-10-5-3-4-6-13(10)20-14-8-7-11(16)9-12(14)15(17)18-19/h7-10,13,19H,2-6H2,1H3,(H2,17,18). The fraction of sp³-hybridized carbons (Fsp3) is 0.533. The fourth-order valence-electron chi connectivity index (χ4n) is 2.82. The Kier molecular flexibility index (Phi) is 5.12. The Morgan fingerprint density at radius 3 is 2.90 bits per heavy atom. The molecule has 0 heterocycles. The lowest BCUT2D eigenvalue weighted by molar-refractivity contribution is 0.0901. The van der Waals surface area contributed by atoms with E-state index in [-0.39, 0.29) is 11.9 Å². The minimum absolute atomic E-state index is 0.0198. The third-order valence-corrected chi connectivity index (χ3v) is 4.20. The van der Waals surface area contributed by atoms with Crippen LogP contribution in [0.15, 0.2) is 23.4 Å². The van der Waals surface area contributed by atoms with Crippen molar-refractivity contribution in [2.24, 2.45) is 16.8 Å². The lowest BCUT2D eigenvalue weighted by Crippen LogP contribution is -2.30. The topological polar surface area (TPSA) is 67.8 Å². The first-order valence-electron chi connectivity index (χ1n) is 7.09. The zero-order chi connectivity index (χ0) is 14.5. The second-order valence-electron chi connectivity index (χ2n) is 5.23. The molecule has 2 atom stereocenters. The third kappa shape index (κ3) is 3.37. The van der Waals surface area contributed by atoms with Crippen molar-refractivity contribution < 1.29 is 9.94 Å². The molecule has 2 rings (SSSR count). The van der Waals surface area contributed by atoms with E-state index in [0.717, 1.165) is 12.8 Å². The normalized spacial score (nSPS) is 23.6. The van der Waals surface area contributed by atoms with Crippen LogP contribution in [-0.2, 0) is 0 Å². The molecule has 0 saturated heterocycles. The number of rotatable bonds is 4. The molecule has 0 aliphatic heterocycles. The largest absolute Gasteiger partial charge is 0.489 e. The molecular formula is C15H21ClN2O2. The van der Waals surface area contributed by atoms with Gasteiger partial charge in [-0.15, -0.1) is 0 Å². The van der Waals surface area contributed by atoms with Gasteiger partial charge in [0.2, 0.25) is 0 Å². The van der Waals surface area contributed by atoms with E-state index in [1.165, 1.54) is 19.3 Å². The molecule has 1 aliphatic carbocycles. The van der Waals surface area contributed by atoms with Gasteiger partial charge in [0.15, 0.2) is 5.84 Å². The van der Waals surface area contributed by atoms with Gasteiger partial charge in [0.1, 0.15) is 11.9 Å². The summed E-state index contributed by atoms with van der Waals surface area (Å²) in [6.45, 7) is 2.19. The van der Waals surface area contributed by atoms with E-state index < -0.39 is 0 Å². The highest BCUT2D eigenvalue weighted by atomic mass is 35.5. The quantitative estimate of drug-likeness (QED) is 0.384. The van der Waals surface area contributed by atoms with E-state index in [0.29, 0.717) is 22.3 Å². The predicted molar refractivity (Wildman–Crippen MR) is 80.6 cm³/mol. The number of halogens is 1. The van der Waals surface area contributed by atoms with E-state index in [9.17, 15) is 0 Å². The summed E-state index contributed by atoms with van der Waals surface area (Å²) in [6, 6.07) is 5.21. The van der Waals surface area contributed by atoms with Crippen molar-refractivity contribution in [3.8, 4) is 5.75 Å². The zero-order valence-electron chi connectivity index (χ0n) is 11.7. The molecule has 1 fully saturated rings. The van der Waals surface area contributed by atoms with Crippen LogP contribution in [0.1, 0.15) is 44.6 Å². The van der Waals surface area contributed by atoms with Crippen molar-refractivity contribution in [1.82, 2.24) is 0 Å². The predicted octanol–water partition coefficient (Wildman–Crippen LogP) is 3.78. The molecule has 3 N–H and O–H groups in total. The van der Waals surface area contributed by atoms with Crippen LogP contribution in [0.3, 0.4) is 0 Å². The van der Waals surface area contributed by atoms with E-state index in [4.69, 9.17) is 27.3 Å². The number of benzene rings is 1. The molecule has 0 bridgehead atoms. The molecule has 2 unspecified atom stereocenters. The van der Waals surface area contributed by atoms with Crippen molar-refractivity contribution in [3.63, 3.8) is 0 Å². The summed E-state index contributed by atoms with van der Waals surface area (Å²) >= 11 is 5.97. The van der Waals surface area contributed by atoms with Gasteiger partial charge in [0.05, 0.1) is 5.56 Å². The summed E-state index contributed by atoms with van der Waals surface area (Å²) in [4.78, 5) is 0. The Morgan fingerprint density at radius 2 is 2.20 bits per heavy atom. The summed E-state index contributed by atoms with van der Waals surface area (Å²) in [5.74, 6) is 1.22. The number of amidine groups is 1. The summed E-state index contributed by atoms with van der Waals surface area (Å²) in [7, 11) is 0. The Morgan fingerprint density at radius 1 is 1.45 bits per heavy atom. The van der Waals surface area contributed by atoms with Gasteiger partial charge in [-0.05, 0) is 49.8 Å². The summed E-state index contributed by atoms with van der Waals surface area (Å²) in [5.41, 5.74) is 6.24. The molecule has 20 heavy (non-hydrogen) atoms. The van der Waals surface area contributed by atoms with E-state index in [1.54, 1.807) is 18.2 Å². The van der Waals surface area contributed by atoms with Crippen molar-refractivity contribution in [2.75, 3.05) is 0 Å². The van der Waals surface area contributed by atoms with Gasteiger partial charge in [-0.1, -0.05) is 30.1 Å². The van der Waals surface area contributed by atoms with Crippen LogP contribution in [0, 0.1) is 5.92 Å². The van der Waals surface area contributed by atoms with Crippen molar-refractivity contribution >= 4 is 17.4 Å². The molecule has 1 aromatic carbocycles. The summed E-state index contributed by atoms with van der Waals surface area (Å²) in [5, 5.41) is 12.5. The monoisotopic (exact) mass is 296 g/mol. The van der Waals surface area contributed by atoms with Gasteiger partial charge in [-0.25, -0.2) is 0 Å². The van der Waals surface area contributed by atoms with Crippen LogP contribution in [0.2, 0.25) is 5.02 Å². The molecule has 110 valence electrons. The fourth-order valence-corrected chi connectivity index (χ4v) is 2.99. The molecule has 4 nitrogen and oxygen atoms in total. The number of hydrogen-bond donors (Lipinski definition) is 2. The lowest BCUT2D eigenvalue weighted by atomic mass is 9.84. The zero-order valence-corrected chi connectivity index (χ0v) is 12.4. The van der Waals surface area contributed by atoms with Crippen molar-refractivity contribution in [1.29, 1.82) is 0 Å². The highest BCUT2D eigenvalue weighted by molar-refractivity contribution is 6.31. The van der Waals surface area contributed by atoms with Crippen molar-refractivity contribution in [3.05, 3.63) is 28.8 Å². The van der Waals surface area contributed by atoms with Crippen LogP contribution in [0.4, 0.5) is 0 Å². The van der Waals surface area contributed by atoms with Gasteiger partial charge in [0, 0.05) is 5.02 Å². The number of ether oxygens (including phenoxy) is 1. The SMILES string of the molecule is CCC1CCCCC1Oc1ccc(Cl)cc1C(N)=NO. The molecule has 1 aromatic rings. The summed E-state index contributed by atoms with van der Waals surface area (Å²) < 4.78 is 6.14. The second-order valence-corrected chi connectivity index (χ2v) is 5.67. The Labute approximate surface area is 124 Å². The minimum Gasteiger partial charge on any atom is -0.489 e. The van der Waals surface area contributed by atoms with E-state index in [1.807, 2.05) is 0 Å². The van der Waals surface area contributed by atoms with Gasteiger partial charge >= 0.3 is 0 Å². The highest BCUT2D eigenvalue weighted by Crippen LogP contribution is 2.32. The summed E-state index contributed by atoms with van der Waals surface area (Å²) in [6.07, 6.45) is 6.02. The molecule has 0 amide bonds. The molecule has 1 saturated carbocycles. The third-order valence-electron chi connectivity index (χ3n) is 3.97. The smallest absolute Gasteiger partial charge is 0.173 e. The van der Waals surface area contributed by atoms with Crippen LogP contribution < -0.4 is 10.5 Å². The van der Waals surface area contributed by atoms with Crippen LogP contribution >= 0.6 is 11.6 Å². The maximum absolute atomic E-state index is 8.87. The number of nitrogens with zero attached hydrogens (tertiary/aromatic N) is 1. The van der Waals surface area contributed by atoms with E-state index in [2.05, 4.69) is 12.1 Å². The number of nitrogens with two attached hydrogens (primary N) is 1. The minimum atomic E-state index is 0.0198. The van der Waals surface area contributed by atoms with Gasteiger partial charge < -0.3 is 15.7 Å². The van der Waals surface area contributed by atoms with Gasteiger partial charge in [0.25, 0.3) is 0 Å². The molecule has 0 spiro atoms. The molecule has 1 aliphatic rings. The first-order chi connectivity index (χ1) is 9.65. The molecule has 0 aromatic heterocycles. The Hall–Kier alpha value is -1.42.